The Morgan fingerprint density at radius 2 is 2.00 bits per heavy atom. The summed E-state index contributed by atoms with van der Waals surface area (Å²) < 4.78 is 11.4. The van der Waals surface area contributed by atoms with E-state index in [1.54, 1.807) is 6.07 Å². The van der Waals surface area contributed by atoms with Crippen LogP contribution < -0.4 is 5.32 Å². The molecule has 3 aliphatic rings. The highest BCUT2D eigenvalue weighted by Gasteiger charge is 2.41. The molecule has 128 valence electrons. The maximum Gasteiger partial charge on any atom is 0.253 e. The van der Waals surface area contributed by atoms with Crippen LogP contribution in [0.3, 0.4) is 0 Å². The SMILES string of the molecule is C[C@@H]1Sc2ccc(C(=O)N3CCC4(CC3)OCCO4)cc2NC1=O. The van der Waals surface area contributed by atoms with Gasteiger partial charge in [-0.25, -0.2) is 0 Å². The zero-order valence-corrected chi connectivity index (χ0v) is 14.4. The Morgan fingerprint density at radius 1 is 1.29 bits per heavy atom. The number of rotatable bonds is 1. The van der Waals surface area contributed by atoms with Crippen LogP contribution in [0, 0.1) is 0 Å². The predicted octanol–water partition coefficient (Wildman–Crippen LogP) is 2.10. The normalized spacial score (nSPS) is 25.5. The first-order valence-corrected chi connectivity index (χ1v) is 9.13. The number of fused-ring (bicyclic) bond motifs is 1. The second-order valence-corrected chi connectivity index (χ2v) is 7.74. The number of carbonyl (C=O) groups excluding carboxylic acids is 2. The number of thioether (sulfide) groups is 1. The highest BCUT2D eigenvalue weighted by molar-refractivity contribution is 8.00. The van der Waals surface area contributed by atoms with Crippen molar-refractivity contribution in [2.75, 3.05) is 31.6 Å². The van der Waals surface area contributed by atoms with Crippen LogP contribution >= 0.6 is 11.8 Å². The maximum absolute atomic E-state index is 12.8. The lowest BCUT2D eigenvalue weighted by Gasteiger charge is -2.37. The van der Waals surface area contributed by atoms with Gasteiger partial charge in [-0.05, 0) is 25.1 Å². The van der Waals surface area contributed by atoms with Gasteiger partial charge in [-0.3, -0.25) is 9.59 Å². The van der Waals surface area contributed by atoms with Gasteiger partial charge in [0.1, 0.15) is 0 Å². The molecule has 1 atom stereocenters. The summed E-state index contributed by atoms with van der Waals surface area (Å²) in [5.41, 5.74) is 1.33. The molecule has 3 heterocycles. The van der Waals surface area contributed by atoms with Gasteiger partial charge < -0.3 is 19.7 Å². The van der Waals surface area contributed by atoms with Gasteiger partial charge in [0.25, 0.3) is 5.91 Å². The van der Waals surface area contributed by atoms with Crippen LogP contribution in [-0.4, -0.2) is 54.1 Å². The second kappa shape index (κ2) is 6.06. The number of nitrogens with zero attached hydrogens (tertiary/aromatic N) is 1. The van der Waals surface area contributed by atoms with E-state index in [4.69, 9.17) is 9.47 Å². The van der Waals surface area contributed by atoms with Crippen LogP contribution in [0.1, 0.15) is 30.1 Å². The van der Waals surface area contributed by atoms with Crippen molar-refractivity contribution in [2.45, 2.75) is 35.7 Å². The van der Waals surface area contributed by atoms with Crippen molar-refractivity contribution in [1.82, 2.24) is 4.90 Å². The van der Waals surface area contributed by atoms with E-state index in [1.807, 2.05) is 24.0 Å². The van der Waals surface area contributed by atoms with Gasteiger partial charge in [-0.15, -0.1) is 11.8 Å². The number of hydrogen-bond donors (Lipinski definition) is 1. The Kier molecular flexibility index (Phi) is 4.02. The van der Waals surface area contributed by atoms with Gasteiger partial charge in [0.05, 0.1) is 24.2 Å². The van der Waals surface area contributed by atoms with Crippen molar-refractivity contribution in [3.63, 3.8) is 0 Å². The van der Waals surface area contributed by atoms with Crippen molar-refractivity contribution in [1.29, 1.82) is 0 Å². The molecular formula is C17H20N2O4S. The number of piperidine rings is 1. The average Bonchev–Trinajstić information content (AvgIpc) is 3.04. The number of hydrogen-bond acceptors (Lipinski definition) is 5. The van der Waals surface area contributed by atoms with Crippen molar-refractivity contribution in [2.24, 2.45) is 0 Å². The summed E-state index contributed by atoms with van der Waals surface area (Å²) in [6.45, 7) is 4.38. The molecule has 0 unspecified atom stereocenters. The first-order valence-electron chi connectivity index (χ1n) is 8.25. The number of ether oxygens (including phenoxy) is 2. The van der Waals surface area contributed by atoms with Crippen molar-refractivity contribution in [3.8, 4) is 0 Å². The Bertz CT molecular complexity index is 677. The Balaban J connectivity index is 1.47. The average molecular weight is 348 g/mol. The summed E-state index contributed by atoms with van der Waals surface area (Å²) in [4.78, 5) is 27.4. The smallest absolute Gasteiger partial charge is 0.253 e. The fourth-order valence-electron chi connectivity index (χ4n) is 3.36. The number of nitrogens with one attached hydrogen (secondary N) is 1. The highest BCUT2D eigenvalue weighted by atomic mass is 32.2. The Morgan fingerprint density at radius 3 is 2.71 bits per heavy atom. The minimum Gasteiger partial charge on any atom is -0.347 e. The molecule has 4 rings (SSSR count). The molecule has 1 spiro atoms. The topological polar surface area (TPSA) is 67.9 Å². The quantitative estimate of drug-likeness (QED) is 0.842. The summed E-state index contributed by atoms with van der Waals surface area (Å²) in [7, 11) is 0. The first kappa shape index (κ1) is 15.9. The number of carbonyl (C=O) groups is 2. The molecule has 0 bridgehead atoms. The highest BCUT2D eigenvalue weighted by Crippen LogP contribution is 2.37. The number of likely N-dealkylation sites (tertiary alicyclic amines) is 1. The molecule has 0 aromatic heterocycles. The van der Waals surface area contributed by atoms with E-state index in [0.29, 0.717) is 44.7 Å². The van der Waals surface area contributed by atoms with Gasteiger partial charge in [-0.1, -0.05) is 0 Å². The van der Waals surface area contributed by atoms with Crippen LogP contribution in [0.2, 0.25) is 0 Å². The molecule has 2 amide bonds. The Hall–Kier alpha value is -1.57. The number of amides is 2. The molecule has 2 saturated heterocycles. The van der Waals surface area contributed by atoms with E-state index in [1.165, 1.54) is 11.8 Å². The minimum atomic E-state index is -0.479. The molecular weight excluding hydrogens is 328 g/mol. The molecule has 24 heavy (non-hydrogen) atoms. The lowest BCUT2D eigenvalue weighted by molar-refractivity contribution is -0.181. The standard InChI is InChI=1S/C17H20N2O4S/c1-11-15(20)18-13-10-12(2-3-14(13)24-11)16(21)19-6-4-17(5-7-19)22-8-9-23-17/h2-3,10-11H,4-9H2,1H3,(H,18,20)/t11-/m0/s1. The second-order valence-electron chi connectivity index (χ2n) is 6.36. The minimum absolute atomic E-state index is 0.0106. The molecule has 7 heteroatoms. The molecule has 1 N–H and O–H groups in total. The summed E-state index contributed by atoms with van der Waals surface area (Å²) in [6.07, 6.45) is 1.40. The zero-order valence-electron chi connectivity index (χ0n) is 13.5. The van der Waals surface area contributed by atoms with Gasteiger partial charge in [0.2, 0.25) is 5.91 Å². The monoisotopic (exact) mass is 348 g/mol. The van der Waals surface area contributed by atoms with Crippen LogP contribution in [0.4, 0.5) is 5.69 Å². The van der Waals surface area contributed by atoms with E-state index < -0.39 is 5.79 Å². The largest absolute Gasteiger partial charge is 0.347 e. The lowest BCUT2D eigenvalue weighted by Crippen LogP contribution is -2.47. The van der Waals surface area contributed by atoms with Gasteiger partial charge in [-0.2, -0.15) is 0 Å². The molecule has 2 fully saturated rings. The van der Waals surface area contributed by atoms with Crippen LogP contribution in [0.25, 0.3) is 0 Å². The van der Waals surface area contributed by atoms with Gasteiger partial charge in [0, 0.05) is 36.4 Å². The van der Waals surface area contributed by atoms with Gasteiger partial charge in [0.15, 0.2) is 5.79 Å². The van der Waals surface area contributed by atoms with E-state index in [-0.39, 0.29) is 17.1 Å². The molecule has 0 saturated carbocycles. The fraction of sp³-hybridized carbons (Fsp3) is 0.529. The molecule has 6 nitrogen and oxygen atoms in total. The van der Waals surface area contributed by atoms with Gasteiger partial charge >= 0.3 is 0 Å². The molecule has 0 radical (unpaired) electrons. The zero-order chi connectivity index (χ0) is 16.7. The predicted molar refractivity (Wildman–Crippen MR) is 90.2 cm³/mol. The third kappa shape index (κ3) is 2.81. The summed E-state index contributed by atoms with van der Waals surface area (Å²) in [5, 5.41) is 2.77. The maximum atomic E-state index is 12.8. The third-order valence-electron chi connectivity index (χ3n) is 4.78. The van der Waals surface area contributed by atoms with Crippen LogP contribution in [-0.2, 0) is 14.3 Å². The van der Waals surface area contributed by atoms with E-state index in [0.717, 1.165) is 10.6 Å². The summed E-state index contributed by atoms with van der Waals surface area (Å²) in [5.74, 6) is -0.510. The Labute approximate surface area is 144 Å². The third-order valence-corrected chi connectivity index (χ3v) is 5.96. The van der Waals surface area contributed by atoms with E-state index in [2.05, 4.69) is 5.32 Å². The van der Waals surface area contributed by atoms with Crippen LogP contribution in [0.5, 0.6) is 0 Å². The molecule has 1 aromatic rings. The number of benzene rings is 1. The molecule has 1 aromatic carbocycles. The molecule has 3 aliphatic heterocycles. The molecule has 0 aliphatic carbocycles. The van der Waals surface area contributed by atoms with Crippen LogP contribution in [0.15, 0.2) is 23.1 Å². The first-order chi connectivity index (χ1) is 11.6. The van der Waals surface area contributed by atoms with Crippen molar-refractivity contribution in [3.05, 3.63) is 23.8 Å². The van der Waals surface area contributed by atoms with Crippen molar-refractivity contribution >= 4 is 29.3 Å². The van der Waals surface area contributed by atoms with Crippen molar-refractivity contribution < 1.29 is 19.1 Å². The lowest BCUT2D eigenvalue weighted by atomic mass is 10.0. The number of anilines is 1. The van der Waals surface area contributed by atoms with E-state index >= 15 is 0 Å². The summed E-state index contributed by atoms with van der Waals surface area (Å²) in [6, 6.07) is 5.53. The fourth-order valence-corrected chi connectivity index (χ4v) is 4.29. The van der Waals surface area contributed by atoms with E-state index in [9.17, 15) is 9.59 Å². The summed E-state index contributed by atoms with van der Waals surface area (Å²) >= 11 is 1.52.